The standard InChI is InChI=1S/C21H18F3NO/c1-26-20-12-11-18(14-25-20)19(13-21(22,23)24)17-9-7-16(8-10-17)15-5-3-2-4-6-15/h2-12,14,19H,13H2,1H3/t19-/m0/s1. The molecule has 2 nitrogen and oxygen atoms in total. The highest BCUT2D eigenvalue weighted by atomic mass is 19.4. The van der Waals surface area contributed by atoms with Gasteiger partial charge in [-0.2, -0.15) is 13.2 Å². The first-order valence-corrected chi connectivity index (χ1v) is 8.18. The molecule has 0 N–H and O–H groups in total. The van der Waals surface area contributed by atoms with Crippen LogP contribution in [0, 0.1) is 0 Å². The third-order valence-corrected chi connectivity index (χ3v) is 4.23. The monoisotopic (exact) mass is 357 g/mol. The average molecular weight is 357 g/mol. The highest BCUT2D eigenvalue weighted by molar-refractivity contribution is 5.63. The van der Waals surface area contributed by atoms with Crippen molar-refractivity contribution in [3.05, 3.63) is 84.1 Å². The van der Waals surface area contributed by atoms with Crippen molar-refractivity contribution in [2.45, 2.75) is 18.5 Å². The van der Waals surface area contributed by atoms with E-state index < -0.39 is 18.5 Å². The van der Waals surface area contributed by atoms with Gasteiger partial charge in [0.25, 0.3) is 0 Å². The summed E-state index contributed by atoms with van der Waals surface area (Å²) in [4.78, 5) is 4.05. The van der Waals surface area contributed by atoms with Gasteiger partial charge in [0.1, 0.15) is 0 Å². The summed E-state index contributed by atoms with van der Waals surface area (Å²) in [6, 6.07) is 20.1. The first-order chi connectivity index (χ1) is 12.5. The van der Waals surface area contributed by atoms with Crippen LogP contribution in [0.1, 0.15) is 23.5 Å². The molecule has 3 rings (SSSR count). The van der Waals surface area contributed by atoms with E-state index >= 15 is 0 Å². The van der Waals surface area contributed by atoms with Crippen molar-refractivity contribution in [3.8, 4) is 17.0 Å². The second kappa shape index (κ2) is 7.60. The zero-order chi connectivity index (χ0) is 18.6. The Morgan fingerprint density at radius 3 is 2.00 bits per heavy atom. The lowest BCUT2D eigenvalue weighted by Crippen LogP contribution is -2.15. The molecule has 0 saturated heterocycles. The van der Waals surface area contributed by atoms with Crippen molar-refractivity contribution in [2.24, 2.45) is 0 Å². The number of hydrogen-bond acceptors (Lipinski definition) is 2. The molecule has 0 radical (unpaired) electrons. The summed E-state index contributed by atoms with van der Waals surface area (Å²) in [7, 11) is 1.47. The van der Waals surface area contributed by atoms with Crippen LogP contribution in [0.3, 0.4) is 0 Å². The third-order valence-electron chi connectivity index (χ3n) is 4.23. The maximum absolute atomic E-state index is 13.1. The summed E-state index contributed by atoms with van der Waals surface area (Å²) in [6.45, 7) is 0. The number of halogens is 3. The van der Waals surface area contributed by atoms with Crippen LogP contribution in [0.2, 0.25) is 0 Å². The van der Waals surface area contributed by atoms with Crippen LogP contribution < -0.4 is 4.74 Å². The highest BCUT2D eigenvalue weighted by Crippen LogP contribution is 2.36. The molecule has 0 aliphatic heterocycles. The summed E-state index contributed by atoms with van der Waals surface area (Å²) in [5.41, 5.74) is 3.11. The lowest BCUT2D eigenvalue weighted by molar-refractivity contribution is -0.136. The largest absolute Gasteiger partial charge is 0.481 e. The van der Waals surface area contributed by atoms with Crippen molar-refractivity contribution in [1.82, 2.24) is 4.98 Å². The van der Waals surface area contributed by atoms with Crippen molar-refractivity contribution < 1.29 is 17.9 Å². The average Bonchev–Trinajstić information content (AvgIpc) is 2.66. The van der Waals surface area contributed by atoms with E-state index in [9.17, 15) is 13.2 Å². The van der Waals surface area contributed by atoms with E-state index in [1.807, 2.05) is 42.5 Å². The number of rotatable bonds is 5. The minimum atomic E-state index is -4.28. The number of nitrogens with zero attached hydrogens (tertiary/aromatic N) is 1. The van der Waals surface area contributed by atoms with E-state index in [2.05, 4.69) is 4.98 Å². The van der Waals surface area contributed by atoms with E-state index in [-0.39, 0.29) is 0 Å². The van der Waals surface area contributed by atoms with Crippen LogP contribution in [-0.4, -0.2) is 18.3 Å². The minimum Gasteiger partial charge on any atom is -0.481 e. The Morgan fingerprint density at radius 2 is 1.46 bits per heavy atom. The Bertz CT molecular complexity index is 828. The molecular formula is C21H18F3NO. The fourth-order valence-electron chi connectivity index (χ4n) is 2.92. The molecule has 0 bridgehead atoms. The number of ether oxygens (including phenoxy) is 1. The maximum atomic E-state index is 13.1. The van der Waals surface area contributed by atoms with Crippen LogP contribution in [0.4, 0.5) is 13.2 Å². The molecule has 0 spiro atoms. The van der Waals surface area contributed by atoms with Crippen molar-refractivity contribution in [2.75, 3.05) is 7.11 Å². The van der Waals surface area contributed by atoms with Crippen molar-refractivity contribution >= 4 is 0 Å². The first-order valence-electron chi connectivity index (χ1n) is 8.18. The molecule has 0 unspecified atom stereocenters. The number of methoxy groups -OCH3 is 1. The van der Waals surface area contributed by atoms with Gasteiger partial charge in [-0.05, 0) is 22.3 Å². The fraction of sp³-hybridized carbons (Fsp3) is 0.190. The van der Waals surface area contributed by atoms with Gasteiger partial charge in [-0.25, -0.2) is 4.98 Å². The molecule has 1 atom stereocenters. The Kier molecular flexibility index (Phi) is 5.26. The minimum absolute atomic E-state index is 0.374. The maximum Gasteiger partial charge on any atom is 0.390 e. The van der Waals surface area contributed by atoms with Gasteiger partial charge in [-0.3, -0.25) is 0 Å². The Balaban J connectivity index is 1.93. The van der Waals surface area contributed by atoms with E-state index in [1.54, 1.807) is 24.3 Å². The number of alkyl halides is 3. The summed E-state index contributed by atoms with van der Waals surface area (Å²) in [6.07, 6.45) is -3.77. The van der Waals surface area contributed by atoms with Gasteiger partial charge < -0.3 is 4.74 Å². The predicted molar refractivity (Wildman–Crippen MR) is 95.2 cm³/mol. The van der Waals surface area contributed by atoms with Crippen molar-refractivity contribution in [3.63, 3.8) is 0 Å². The van der Waals surface area contributed by atoms with E-state index in [4.69, 9.17) is 4.74 Å². The molecule has 0 aliphatic rings. The Morgan fingerprint density at radius 1 is 0.846 bits per heavy atom. The van der Waals surface area contributed by atoms with Gasteiger partial charge in [0.2, 0.25) is 5.88 Å². The van der Waals surface area contributed by atoms with E-state index in [1.165, 1.54) is 13.3 Å². The smallest absolute Gasteiger partial charge is 0.390 e. The molecule has 134 valence electrons. The molecule has 5 heteroatoms. The zero-order valence-electron chi connectivity index (χ0n) is 14.2. The third kappa shape index (κ3) is 4.42. The van der Waals surface area contributed by atoms with Crippen molar-refractivity contribution in [1.29, 1.82) is 0 Å². The SMILES string of the molecule is COc1ccc([C@@H](CC(F)(F)F)c2ccc(-c3ccccc3)cc2)cn1. The van der Waals surface area contributed by atoms with Crippen LogP contribution >= 0.6 is 0 Å². The van der Waals surface area contributed by atoms with Crippen LogP contribution in [0.15, 0.2) is 72.9 Å². The lowest BCUT2D eigenvalue weighted by atomic mass is 9.88. The number of pyridine rings is 1. The van der Waals surface area contributed by atoms with Gasteiger partial charge in [0, 0.05) is 18.2 Å². The molecule has 2 aromatic carbocycles. The van der Waals surface area contributed by atoms with E-state index in [0.717, 1.165) is 11.1 Å². The summed E-state index contributed by atoms with van der Waals surface area (Å²) < 4.78 is 44.4. The number of hydrogen-bond donors (Lipinski definition) is 0. The molecule has 0 saturated carbocycles. The molecule has 0 fully saturated rings. The van der Waals surface area contributed by atoms with Gasteiger partial charge >= 0.3 is 6.18 Å². The van der Waals surface area contributed by atoms with Crippen LogP contribution in [0.25, 0.3) is 11.1 Å². The van der Waals surface area contributed by atoms with Crippen LogP contribution in [0.5, 0.6) is 5.88 Å². The molecular weight excluding hydrogens is 339 g/mol. The Hall–Kier alpha value is -2.82. The molecule has 26 heavy (non-hydrogen) atoms. The molecule has 1 aromatic heterocycles. The van der Waals surface area contributed by atoms with Gasteiger partial charge in [-0.1, -0.05) is 60.7 Å². The van der Waals surface area contributed by atoms with E-state index in [0.29, 0.717) is 17.0 Å². The molecule has 0 amide bonds. The number of aromatic nitrogens is 1. The second-order valence-electron chi connectivity index (χ2n) is 5.99. The molecule has 0 aliphatic carbocycles. The zero-order valence-corrected chi connectivity index (χ0v) is 14.2. The molecule has 3 aromatic rings. The highest BCUT2D eigenvalue weighted by Gasteiger charge is 2.33. The second-order valence-corrected chi connectivity index (χ2v) is 5.99. The van der Waals surface area contributed by atoms with Crippen LogP contribution in [-0.2, 0) is 0 Å². The summed E-state index contributed by atoms with van der Waals surface area (Å²) in [5.74, 6) is -0.433. The normalized spacial score (nSPS) is 12.6. The summed E-state index contributed by atoms with van der Waals surface area (Å²) >= 11 is 0. The fourth-order valence-corrected chi connectivity index (χ4v) is 2.92. The number of benzene rings is 2. The lowest BCUT2D eigenvalue weighted by Gasteiger charge is -2.20. The Labute approximate surface area is 150 Å². The quantitative estimate of drug-likeness (QED) is 0.572. The topological polar surface area (TPSA) is 22.1 Å². The first kappa shape index (κ1) is 18.0. The van der Waals surface area contributed by atoms with Gasteiger partial charge in [-0.15, -0.1) is 0 Å². The van der Waals surface area contributed by atoms with Gasteiger partial charge in [0.05, 0.1) is 13.5 Å². The predicted octanol–water partition coefficient (Wildman–Crippen LogP) is 5.84. The summed E-state index contributed by atoms with van der Waals surface area (Å²) in [5, 5.41) is 0. The van der Waals surface area contributed by atoms with Gasteiger partial charge in [0.15, 0.2) is 0 Å². The molecule has 1 heterocycles.